The minimum atomic E-state index is -0.370. The van der Waals surface area contributed by atoms with Crippen LogP contribution in [0.15, 0.2) is 77.6 Å². The molecule has 0 saturated carbocycles. The van der Waals surface area contributed by atoms with Crippen LogP contribution >= 0.6 is 11.3 Å². The van der Waals surface area contributed by atoms with Gasteiger partial charge in [-0.3, -0.25) is 9.36 Å². The van der Waals surface area contributed by atoms with E-state index in [0.717, 1.165) is 16.9 Å². The summed E-state index contributed by atoms with van der Waals surface area (Å²) in [6.45, 7) is 0.354. The van der Waals surface area contributed by atoms with E-state index in [9.17, 15) is 15.3 Å². The van der Waals surface area contributed by atoms with Crippen LogP contribution in [0.3, 0.4) is 0 Å². The van der Waals surface area contributed by atoms with Gasteiger partial charge in [-0.2, -0.15) is 10.5 Å². The maximum absolute atomic E-state index is 13.5. The number of nitriles is 2. The van der Waals surface area contributed by atoms with Crippen molar-refractivity contribution in [1.29, 1.82) is 10.5 Å². The predicted octanol–water partition coefficient (Wildman–Crippen LogP) is 3.52. The fraction of sp³-hybridized carbons (Fsp3) is 0.107. The molecule has 4 aromatic rings. The van der Waals surface area contributed by atoms with Gasteiger partial charge in [0.1, 0.15) is 29.2 Å². The summed E-state index contributed by atoms with van der Waals surface area (Å²) in [5.41, 5.74) is 1.62. The van der Waals surface area contributed by atoms with Crippen LogP contribution in [0.1, 0.15) is 11.1 Å². The molecule has 0 atom stereocenters. The highest BCUT2D eigenvalue weighted by Crippen LogP contribution is 2.29. The summed E-state index contributed by atoms with van der Waals surface area (Å²) in [5.74, 6) is 1.53. The predicted molar refractivity (Wildman–Crippen MR) is 138 cm³/mol. The molecule has 178 valence electrons. The van der Waals surface area contributed by atoms with Crippen LogP contribution < -0.4 is 29.0 Å². The van der Waals surface area contributed by atoms with Crippen molar-refractivity contribution < 1.29 is 14.2 Å². The maximum atomic E-state index is 13.5. The molecule has 0 fully saturated rings. The molecule has 0 saturated heterocycles. The van der Waals surface area contributed by atoms with E-state index in [0.29, 0.717) is 39.6 Å². The fourth-order valence-electron chi connectivity index (χ4n) is 3.59. The number of hydrogen-bond donors (Lipinski definition) is 0. The van der Waals surface area contributed by atoms with E-state index in [1.54, 1.807) is 55.7 Å². The van der Waals surface area contributed by atoms with Crippen molar-refractivity contribution in [1.82, 2.24) is 4.57 Å². The Bertz CT molecular complexity index is 1640. The Morgan fingerprint density at radius 3 is 2.31 bits per heavy atom. The number of ether oxygens (including phenoxy) is 3. The van der Waals surface area contributed by atoms with Gasteiger partial charge in [0.25, 0.3) is 5.56 Å². The average Bonchev–Trinajstić information content (AvgIpc) is 3.23. The highest BCUT2D eigenvalue weighted by Gasteiger charge is 2.15. The fourth-order valence-corrected chi connectivity index (χ4v) is 4.63. The second-order valence-corrected chi connectivity index (χ2v) is 8.54. The van der Waals surface area contributed by atoms with E-state index < -0.39 is 0 Å². The van der Waals surface area contributed by atoms with Gasteiger partial charge >= 0.3 is 0 Å². The molecule has 0 N–H and O–H groups in total. The number of para-hydroxylation sites is 2. The van der Waals surface area contributed by atoms with Crippen LogP contribution in [0.25, 0.3) is 17.3 Å². The zero-order valence-electron chi connectivity index (χ0n) is 19.6. The lowest BCUT2D eigenvalue weighted by Gasteiger charge is -2.11. The van der Waals surface area contributed by atoms with E-state index in [-0.39, 0.29) is 15.8 Å². The Labute approximate surface area is 211 Å². The number of methoxy groups -OCH3 is 2. The molecule has 0 spiro atoms. The summed E-state index contributed by atoms with van der Waals surface area (Å²) in [5, 5.41) is 19.0. The SMILES string of the molecule is COc1ccc(/C=c2\sc(=C(C#N)C#N)n(-c3ccccc3OC)c2=O)cc1OCc1ccccc1. The van der Waals surface area contributed by atoms with Crippen LogP contribution in [-0.2, 0) is 6.61 Å². The third kappa shape index (κ3) is 5.00. The molecule has 3 aromatic carbocycles. The first kappa shape index (κ1) is 24.3. The number of aromatic nitrogens is 1. The normalized spacial score (nSPS) is 10.8. The molecule has 0 amide bonds. The lowest BCUT2D eigenvalue weighted by molar-refractivity contribution is 0.284. The van der Waals surface area contributed by atoms with Crippen molar-refractivity contribution in [3.05, 3.63) is 103 Å². The highest BCUT2D eigenvalue weighted by atomic mass is 32.1. The highest BCUT2D eigenvalue weighted by molar-refractivity contribution is 7.07. The van der Waals surface area contributed by atoms with Crippen LogP contribution in [0, 0.1) is 22.7 Å². The van der Waals surface area contributed by atoms with Gasteiger partial charge in [-0.05, 0) is 41.5 Å². The minimum absolute atomic E-state index is 0.163. The van der Waals surface area contributed by atoms with Gasteiger partial charge < -0.3 is 14.2 Å². The first-order valence-electron chi connectivity index (χ1n) is 10.9. The summed E-state index contributed by atoms with van der Waals surface area (Å²) in [6.07, 6.45) is 1.70. The van der Waals surface area contributed by atoms with E-state index in [2.05, 4.69) is 0 Å². The summed E-state index contributed by atoms with van der Waals surface area (Å²) in [4.78, 5) is 13.5. The van der Waals surface area contributed by atoms with Crippen molar-refractivity contribution in [3.8, 4) is 35.1 Å². The Morgan fingerprint density at radius 1 is 0.917 bits per heavy atom. The number of rotatable bonds is 7. The van der Waals surface area contributed by atoms with Gasteiger partial charge in [-0.15, -0.1) is 11.3 Å². The topological polar surface area (TPSA) is 97.3 Å². The number of nitrogens with zero attached hydrogens (tertiary/aromatic N) is 3. The molecule has 0 unspecified atom stereocenters. The third-order valence-corrected chi connectivity index (χ3v) is 6.40. The Kier molecular flexibility index (Phi) is 7.50. The summed E-state index contributed by atoms with van der Waals surface area (Å²) >= 11 is 1.06. The summed E-state index contributed by atoms with van der Waals surface area (Å²) in [7, 11) is 3.06. The minimum Gasteiger partial charge on any atom is -0.495 e. The van der Waals surface area contributed by atoms with E-state index in [1.807, 2.05) is 42.5 Å². The molecule has 0 aliphatic heterocycles. The van der Waals surface area contributed by atoms with Gasteiger partial charge in [0.05, 0.1) is 24.4 Å². The zero-order valence-corrected chi connectivity index (χ0v) is 20.4. The molecule has 1 aromatic heterocycles. The molecular formula is C28H21N3O4S. The van der Waals surface area contributed by atoms with Gasteiger partial charge in [0.15, 0.2) is 17.1 Å². The average molecular weight is 496 g/mol. The quantitative estimate of drug-likeness (QED) is 0.389. The van der Waals surface area contributed by atoms with E-state index >= 15 is 0 Å². The first-order valence-corrected chi connectivity index (χ1v) is 11.7. The lowest BCUT2D eigenvalue weighted by atomic mass is 10.2. The largest absolute Gasteiger partial charge is 0.495 e. The standard InChI is InChI=1S/C28H21N3O4S/c1-33-23-11-7-6-10-22(23)31-27(32)26(36-28(31)21(16-29)17-30)15-20-12-13-24(34-2)25(14-20)35-18-19-8-4-3-5-9-19/h3-15H,18H2,1-2H3/b26-15-. The number of thiazole rings is 1. The van der Waals surface area contributed by atoms with Crippen LogP contribution in [-0.4, -0.2) is 18.8 Å². The van der Waals surface area contributed by atoms with Crippen LogP contribution in [0.5, 0.6) is 17.2 Å². The van der Waals surface area contributed by atoms with Crippen LogP contribution in [0.2, 0.25) is 0 Å². The monoisotopic (exact) mass is 495 g/mol. The van der Waals surface area contributed by atoms with Gasteiger partial charge in [0, 0.05) is 0 Å². The van der Waals surface area contributed by atoms with E-state index in [1.165, 1.54) is 11.7 Å². The Hall–Kier alpha value is -4.79. The molecule has 7 nitrogen and oxygen atoms in total. The number of benzene rings is 3. The van der Waals surface area contributed by atoms with Gasteiger partial charge in [-0.25, -0.2) is 0 Å². The summed E-state index contributed by atoms with van der Waals surface area (Å²) in [6, 6.07) is 25.8. The van der Waals surface area contributed by atoms with Crippen molar-refractivity contribution in [2.24, 2.45) is 0 Å². The molecule has 4 rings (SSSR count). The van der Waals surface area contributed by atoms with Gasteiger partial charge in [-0.1, -0.05) is 48.5 Å². The lowest BCUT2D eigenvalue weighted by Crippen LogP contribution is -2.31. The summed E-state index contributed by atoms with van der Waals surface area (Å²) < 4.78 is 18.8. The second kappa shape index (κ2) is 11.1. The third-order valence-electron chi connectivity index (χ3n) is 5.31. The van der Waals surface area contributed by atoms with Gasteiger partial charge in [0.2, 0.25) is 0 Å². The van der Waals surface area contributed by atoms with Crippen molar-refractivity contribution in [2.45, 2.75) is 6.61 Å². The van der Waals surface area contributed by atoms with Crippen LogP contribution in [0.4, 0.5) is 0 Å². The zero-order chi connectivity index (χ0) is 25.5. The smallest absolute Gasteiger partial charge is 0.273 e. The molecule has 8 heteroatoms. The molecule has 0 radical (unpaired) electrons. The molecular weight excluding hydrogens is 474 g/mol. The van der Waals surface area contributed by atoms with Crippen molar-refractivity contribution in [3.63, 3.8) is 0 Å². The van der Waals surface area contributed by atoms with Crippen molar-refractivity contribution in [2.75, 3.05) is 14.2 Å². The molecule has 0 aliphatic rings. The van der Waals surface area contributed by atoms with Crippen molar-refractivity contribution >= 4 is 23.0 Å². The molecule has 0 bridgehead atoms. The Morgan fingerprint density at radius 2 is 1.61 bits per heavy atom. The number of hydrogen-bond acceptors (Lipinski definition) is 7. The Balaban J connectivity index is 1.86. The van der Waals surface area contributed by atoms with E-state index in [4.69, 9.17) is 14.2 Å². The second-order valence-electron chi connectivity index (χ2n) is 7.51. The molecule has 1 heterocycles. The maximum Gasteiger partial charge on any atom is 0.273 e. The molecule has 36 heavy (non-hydrogen) atoms. The first-order chi connectivity index (χ1) is 17.6. The molecule has 0 aliphatic carbocycles.